The van der Waals surface area contributed by atoms with Crippen molar-refractivity contribution in [1.82, 2.24) is 4.98 Å². The summed E-state index contributed by atoms with van der Waals surface area (Å²) in [5.41, 5.74) is 2.68. The van der Waals surface area contributed by atoms with E-state index in [1.165, 1.54) is 63.2 Å². The number of pyridine rings is 2. The van der Waals surface area contributed by atoms with Gasteiger partial charge in [-0.15, -0.1) is 0 Å². The van der Waals surface area contributed by atoms with Crippen LogP contribution in [0.1, 0.15) is 25.7 Å². The summed E-state index contributed by atoms with van der Waals surface area (Å²) < 4.78 is 2.07. The summed E-state index contributed by atoms with van der Waals surface area (Å²) in [6.07, 6.45) is 13.3. The van der Waals surface area contributed by atoms with Crippen LogP contribution >= 0.6 is 22.6 Å². The Morgan fingerprint density at radius 1 is 0.769 bits per heavy atom. The van der Waals surface area contributed by atoms with Crippen molar-refractivity contribution >= 4 is 34.0 Å². The first kappa shape index (κ1) is 23.4. The maximum absolute atomic E-state index is 3.99. The van der Waals surface area contributed by atoms with Crippen LogP contribution in [-0.2, 0) is 7.05 Å². The summed E-state index contributed by atoms with van der Waals surface area (Å²) in [4.78, 5) is 10.8. The minimum atomic E-state index is 0. The molecule has 26 heavy (non-hydrogen) atoms. The first-order chi connectivity index (χ1) is 12.3. The van der Waals surface area contributed by atoms with E-state index in [9.17, 15) is 0 Å². The van der Waals surface area contributed by atoms with E-state index >= 15 is 0 Å². The highest BCUT2D eigenvalue weighted by Gasteiger charge is 2.12. The fourth-order valence-corrected chi connectivity index (χ4v) is 3.21. The fraction of sp³-hybridized carbons (Fsp3) is 0.500. The number of alkyl halides is 1. The van der Waals surface area contributed by atoms with Crippen LogP contribution in [0.4, 0.5) is 11.4 Å². The average molecular weight is 580 g/mol. The van der Waals surface area contributed by atoms with Crippen LogP contribution in [0.3, 0.4) is 0 Å². The Bertz CT molecular complexity index is 581. The molecule has 0 amide bonds. The average Bonchev–Trinajstić information content (AvgIpc) is 3.40. The summed E-state index contributed by atoms with van der Waals surface area (Å²) in [7, 11) is 2.05. The van der Waals surface area contributed by atoms with Crippen LogP contribution in [0.5, 0.6) is 0 Å². The van der Waals surface area contributed by atoms with E-state index in [1.807, 2.05) is 24.4 Å². The van der Waals surface area contributed by atoms with Gasteiger partial charge in [-0.25, -0.2) is 4.57 Å². The largest absolute Gasteiger partial charge is 1.00 e. The zero-order valence-corrected chi connectivity index (χ0v) is 20.1. The molecule has 144 valence electrons. The molecule has 0 spiro atoms. The van der Waals surface area contributed by atoms with Crippen molar-refractivity contribution < 1.29 is 28.5 Å². The standard InChI is InChI=1S/C10H15N2.C9H12N2.CH3I.HI/c1-11-8-4-10(5-9-11)12-6-2-3-7-12;1-2-8-11(7-1)9-3-5-10-6-4-9;1-2;/h4-5,8-9H,2-3,6-7H2,1H3;3-6H,1-2,7-8H2;1H3;1H/q+1;;;/p-1. The molecule has 0 atom stereocenters. The molecule has 0 N–H and O–H groups in total. The Morgan fingerprint density at radius 3 is 1.58 bits per heavy atom. The van der Waals surface area contributed by atoms with Gasteiger partial charge < -0.3 is 33.8 Å². The summed E-state index contributed by atoms with van der Waals surface area (Å²) in [5, 5.41) is 0. The Balaban J connectivity index is 0.000000230. The molecule has 2 aliphatic rings. The lowest BCUT2D eigenvalue weighted by molar-refractivity contribution is -0.671. The normalized spacial score (nSPS) is 15.3. The third kappa shape index (κ3) is 7.54. The minimum absolute atomic E-state index is 0. The molecule has 2 aromatic heterocycles. The van der Waals surface area contributed by atoms with E-state index in [1.54, 1.807) is 0 Å². The molecule has 0 bridgehead atoms. The molecule has 0 aromatic carbocycles. The number of hydrogen-bond donors (Lipinski definition) is 0. The number of hydrogen-bond acceptors (Lipinski definition) is 3. The SMILES string of the molecule is CI.C[n+]1ccc(N2CCCC2)cc1.[I-].c1cc(N2CCCC2)ccn1. The van der Waals surface area contributed by atoms with Gasteiger partial charge in [0.1, 0.15) is 7.05 Å². The van der Waals surface area contributed by atoms with Crippen molar-refractivity contribution in [3.8, 4) is 0 Å². The van der Waals surface area contributed by atoms with Crippen molar-refractivity contribution in [3.63, 3.8) is 0 Å². The third-order valence-corrected chi connectivity index (χ3v) is 4.57. The molecule has 4 heterocycles. The van der Waals surface area contributed by atoms with Crippen molar-refractivity contribution in [2.24, 2.45) is 7.05 Å². The molecule has 4 nitrogen and oxygen atoms in total. The highest BCUT2D eigenvalue weighted by Crippen LogP contribution is 2.18. The number of halogens is 2. The van der Waals surface area contributed by atoms with Gasteiger partial charge in [0.05, 0.1) is 0 Å². The number of aryl methyl sites for hydroxylation is 1. The smallest absolute Gasteiger partial charge is 0.170 e. The van der Waals surface area contributed by atoms with Crippen LogP contribution < -0.4 is 38.3 Å². The van der Waals surface area contributed by atoms with Gasteiger partial charge in [-0.2, -0.15) is 0 Å². The lowest BCUT2D eigenvalue weighted by atomic mass is 10.3. The van der Waals surface area contributed by atoms with E-state index < -0.39 is 0 Å². The van der Waals surface area contributed by atoms with E-state index in [4.69, 9.17) is 0 Å². The molecule has 0 radical (unpaired) electrons. The molecule has 0 saturated carbocycles. The van der Waals surface area contributed by atoms with E-state index in [-0.39, 0.29) is 24.0 Å². The maximum atomic E-state index is 3.99. The van der Waals surface area contributed by atoms with E-state index in [0.29, 0.717) is 0 Å². The Kier molecular flexibility index (Phi) is 12.2. The minimum Gasteiger partial charge on any atom is -1.00 e. The van der Waals surface area contributed by atoms with Gasteiger partial charge >= 0.3 is 0 Å². The second-order valence-corrected chi connectivity index (χ2v) is 6.32. The monoisotopic (exact) mass is 580 g/mol. The molecule has 6 heteroatoms. The lowest BCUT2D eigenvalue weighted by Crippen LogP contribution is -3.00. The molecule has 2 saturated heterocycles. The second kappa shape index (κ2) is 13.5. The van der Waals surface area contributed by atoms with Gasteiger partial charge in [-0.3, -0.25) is 4.98 Å². The van der Waals surface area contributed by atoms with Crippen LogP contribution in [-0.4, -0.2) is 36.1 Å². The molecule has 4 rings (SSSR count). The van der Waals surface area contributed by atoms with Gasteiger partial charge in [0.25, 0.3) is 0 Å². The van der Waals surface area contributed by atoms with E-state index in [0.717, 1.165) is 0 Å². The second-order valence-electron chi connectivity index (χ2n) is 6.32. The first-order valence-corrected chi connectivity index (χ1v) is 11.2. The summed E-state index contributed by atoms with van der Waals surface area (Å²) in [5.74, 6) is 0. The predicted octanol–water partition coefficient (Wildman–Crippen LogP) is 0.848. The van der Waals surface area contributed by atoms with Crippen molar-refractivity contribution in [2.75, 3.05) is 40.9 Å². The number of aromatic nitrogens is 2. The molecule has 0 unspecified atom stereocenters. The Morgan fingerprint density at radius 2 is 1.15 bits per heavy atom. The molecule has 2 aliphatic heterocycles. The molecular formula is C20H30I2N4. The fourth-order valence-electron chi connectivity index (χ4n) is 3.21. The van der Waals surface area contributed by atoms with Crippen LogP contribution in [0.2, 0.25) is 0 Å². The van der Waals surface area contributed by atoms with Gasteiger partial charge in [0.15, 0.2) is 12.4 Å². The molecule has 0 aliphatic carbocycles. The molecule has 2 aromatic rings. The van der Waals surface area contributed by atoms with Crippen molar-refractivity contribution in [2.45, 2.75) is 25.7 Å². The summed E-state index contributed by atoms with van der Waals surface area (Å²) >= 11 is 2.15. The summed E-state index contributed by atoms with van der Waals surface area (Å²) in [6, 6.07) is 8.52. The summed E-state index contributed by atoms with van der Waals surface area (Å²) in [6.45, 7) is 4.88. The molecular weight excluding hydrogens is 550 g/mol. The zero-order chi connectivity index (χ0) is 17.9. The van der Waals surface area contributed by atoms with Crippen LogP contribution in [0, 0.1) is 0 Å². The van der Waals surface area contributed by atoms with Crippen molar-refractivity contribution in [1.29, 1.82) is 0 Å². The highest BCUT2D eigenvalue weighted by molar-refractivity contribution is 14.1. The van der Waals surface area contributed by atoms with Gasteiger partial charge in [0, 0.05) is 62.1 Å². The number of nitrogens with zero attached hydrogens (tertiary/aromatic N) is 4. The topological polar surface area (TPSA) is 23.2 Å². The van der Waals surface area contributed by atoms with Gasteiger partial charge in [-0.1, -0.05) is 22.6 Å². The van der Waals surface area contributed by atoms with Gasteiger partial charge in [0.2, 0.25) is 0 Å². The van der Waals surface area contributed by atoms with E-state index in [2.05, 4.69) is 78.6 Å². The van der Waals surface area contributed by atoms with Crippen molar-refractivity contribution in [3.05, 3.63) is 49.1 Å². The number of rotatable bonds is 2. The van der Waals surface area contributed by atoms with Crippen LogP contribution in [0.25, 0.3) is 0 Å². The molecule has 2 fully saturated rings. The maximum Gasteiger partial charge on any atom is 0.170 e. The first-order valence-electron chi connectivity index (χ1n) is 9.06. The van der Waals surface area contributed by atoms with Gasteiger partial charge in [-0.05, 0) is 42.7 Å². The Hall–Kier alpha value is -0.640. The quantitative estimate of drug-likeness (QED) is 0.299. The van der Waals surface area contributed by atoms with Crippen LogP contribution in [0.15, 0.2) is 49.1 Å². The number of anilines is 2. The Labute approximate surface area is 189 Å². The third-order valence-electron chi connectivity index (χ3n) is 4.57. The predicted molar refractivity (Wildman–Crippen MR) is 115 cm³/mol. The highest BCUT2D eigenvalue weighted by atomic mass is 127. The lowest BCUT2D eigenvalue weighted by Gasteiger charge is -2.16. The zero-order valence-electron chi connectivity index (χ0n) is 15.8.